The molecule has 0 unspecified atom stereocenters. The molecule has 1 aromatic carbocycles. The van der Waals surface area contributed by atoms with E-state index >= 15 is 0 Å². The molecule has 1 fully saturated rings. The van der Waals surface area contributed by atoms with Crippen molar-refractivity contribution in [1.29, 1.82) is 0 Å². The summed E-state index contributed by atoms with van der Waals surface area (Å²) in [6.45, 7) is 2.02. The summed E-state index contributed by atoms with van der Waals surface area (Å²) in [5, 5.41) is 0. The number of rotatable bonds is 4. The number of benzene rings is 1. The van der Waals surface area contributed by atoms with Gasteiger partial charge >= 0.3 is 0 Å². The zero-order valence-electron chi connectivity index (χ0n) is 12.4. The fraction of sp³-hybridized carbons (Fsp3) is 0.500. The standard InChI is InChI=1S/C16H22N2O2S/c1-12-7-5-6-10-14(12)21-11-15(19)17-18-16(20)13-8-3-2-4-9-13/h5-7,10,13H,2-4,8-9,11H2,1H3,(H,17,19)(H,18,20). The number of aryl methyl sites for hydroxylation is 1. The number of hydrazine groups is 1. The molecule has 0 heterocycles. The van der Waals surface area contributed by atoms with Gasteiger partial charge in [0.1, 0.15) is 0 Å². The predicted molar refractivity (Wildman–Crippen MR) is 84.8 cm³/mol. The first kappa shape index (κ1) is 15.9. The maximum Gasteiger partial charge on any atom is 0.248 e. The minimum atomic E-state index is -0.174. The Morgan fingerprint density at radius 2 is 1.86 bits per heavy atom. The molecular formula is C16H22N2O2S. The summed E-state index contributed by atoms with van der Waals surface area (Å²) in [7, 11) is 0. The summed E-state index contributed by atoms with van der Waals surface area (Å²) in [5.74, 6) is 0.134. The molecule has 0 aromatic heterocycles. The molecule has 1 aliphatic carbocycles. The first-order valence-corrected chi connectivity index (χ1v) is 8.42. The van der Waals surface area contributed by atoms with Crippen LogP contribution in [0.1, 0.15) is 37.7 Å². The van der Waals surface area contributed by atoms with Crippen LogP contribution >= 0.6 is 11.8 Å². The quantitative estimate of drug-likeness (QED) is 0.664. The first-order chi connectivity index (χ1) is 10.2. The highest BCUT2D eigenvalue weighted by atomic mass is 32.2. The van der Waals surface area contributed by atoms with E-state index in [0.29, 0.717) is 5.75 Å². The van der Waals surface area contributed by atoms with E-state index in [9.17, 15) is 9.59 Å². The van der Waals surface area contributed by atoms with Gasteiger partial charge in [0.2, 0.25) is 11.8 Å². The number of hydrogen-bond acceptors (Lipinski definition) is 3. The second kappa shape index (κ2) is 8.08. The number of nitrogens with one attached hydrogen (secondary N) is 2. The van der Waals surface area contributed by atoms with Crippen LogP contribution in [0, 0.1) is 12.8 Å². The molecule has 114 valence electrons. The molecule has 1 aliphatic rings. The zero-order valence-corrected chi connectivity index (χ0v) is 13.2. The minimum absolute atomic E-state index is 0.0519. The van der Waals surface area contributed by atoms with Crippen molar-refractivity contribution in [3.8, 4) is 0 Å². The Kier molecular flexibility index (Phi) is 6.11. The van der Waals surface area contributed by atoms with E-state index in [-0.39, 0.29) is 17.7 Å². The molecule has 0 bridgehead atoms. The number of carbonyl (C=O) groups excluding carboxylic acids is 2. The van der Waals surface area contributed by atoms with Gasteiger partial charge in [-0.05, 0) is 31.4 Å². The molecule has 0 spiro atoms. The summed E-state index contributed by atoms with van der Waals surface area (Å²) in [5.41, 5.74) is 6.22. The molecule has 2 amide bonds. The van der Waals surface area contributed by atoms with Crippen LogP contribution in [0.3, 0.4) is 0 Å². The lowest BCUT2D eigenvalue weighted by Gasteiger charge is -2.20. The molecule has 1 saturated carbocycles. The lowest BCUT2D eigenvalue weighted by atomic mass is 9.89. The number of thioether (sulfide) groups is 1. The van der Waals surface area contributed by atoms with Crippen molar-refractivity contribution < 1.29 is 9.59 Å². The molecule has 5 heteroatoms. The van der Waals surface area contributed by atoms with Gasteiger partial charge in [-0.25, -0.2) is 0 Å². The third kappa shape index (κ3) is 5.08. The summed E-state index contributed by atoms with van der Waals surface area (Å²) in [6.07, 6.45) is 5.28. The third-order valence-electron chi connectivity index (χ3n) is 3.75. The molecule has 4 nitrogen and oxygen atoms in total. The Bertz CT molecular complexity index is 499. The van der Waals surface area contributed by atoms with Crippen LogP contribution in [0.2, 0.25) is 0 Å². The van der Waals surface area contributed by atoms with Crippen molar-refractivity contribution in [2.45, 2.75) is 43.9 Å². The van der Waals surface area contributed by atoms with E-state index < -0.39 is 0 Å². The van der Waals surface area contributed by atoms with Crippen LogP contribution < -0.4 is 10.9 Å². The maximum absolute atomic E-state index is 11.9. The topological polar surface area (TPSA) is 58.2 Å². The van der Waals surface area contributed by atoms with Crippen LogP contribution in [0.5, 0.6) is 0 Å². The van der Waals surface area contributed by atoms with Gasteiger partial charge in [-0.2, -0.15) is 0 Å². The zero-order chi connectivity index (χ0) is 15.1. The molecule has 21 heavy (non-hydrogen) atoms. The van der Waals surface area contributed by atoms with Crippen molar-refractivity contribution in [2.24, 2.45) is 5.92 Å². The van der Waals surface area contributed by atoms with Gasteiger partial charge in [0.25, 0.3) is 0 Å². The second-order valence-corrected chi connectivity index (χ2v) is 6.44. The fourth-order valence-corrected chi connectivity index (χ4v) is 3.33. The SMILES string of the molecule is Cc1ccccc1SCC(=O)NNC(=O)C1CCCCC1. The monoisotopic (exact) mass is 306 g/mol. The van der Waals surface area contributed by atoms with Gasteiger partial charge in [0.05, 0.1) is 5.75 Å². The Labute approximate surface area is 130 Å². The van der Waals surface area contributed by atoms with Crippen molar-refractivity contribution in [3.63, 3.8) is 0 Å². The minimum Gasteiger partial charge on any atom is -0.273 e. The van der Waals surface area contributed by atoms with E-state index in [2.05, 4.69) is 10.9 Å². The summed E-state index contributed by atoms with van der Waals surface area (Å²) in [4.78, 5) is 24.8. The maximum atomic E-state index is 11.9. The summed E-state index contributed by atoms with van der Waals surface area (Å²) in [6, 6.07) is 7.95. The average molecular weight is 306 g/mol. The molecule has 0 radical (unpaired) electrons. The van der Waals surface area contributed by atoms with Gasteiger partial charge in [0.15, 0.2) is 0 Å². The molecule has 2 N–H and O–H groups in total. The van der Waals surface area contributed by atoms with E-state index in [1.165, 1.54) is 18.2 Å². The molecule has 0 aliphatic heterocycles. The lowest BCUT2D eigenvalue weighted by Crippen LogP contribution is -2.45. The van der Waals surface area contributed by atoms with E-state index in [1.807, 2.05) is 31.2 Å². The normalized spacial score (nSPS) is 15.5. The van der Waals surface area contributed by atoms with Crippen LogP contribution in [0.15, 0.2) is 29.2 Å². The molecule has 1 aromatic rings. The van der Waals surface area contributed by atoms with E-state index in [1.54, 1.807) is 0 Å². The fourth-order valence-electron chi connectivity index (χ4n) is 2.50. The molecule has 0 atom stereocenters. The number of amides is 2. The first-order valence-electron chi connectivity index (χ1n) is 7.44. The van der Waals surface area contributed by atoms with Gasteiger partial charge in [0, 0.05) is 10.8 Å². The highest BCUT2D eigenvalue weighted by Crippen LogP contribution is 2.23. The second-order valence-electron chi connectivity index (χ2n) is 5.43. The van der Waals surface area contributed by atoms with E-state index in [0.717, 1.165) is 36.1 Å². The predicted octanol–water partition coefficient (Wildman–Crippen LogP) is 2.81. The molecule has 2 rings (SSSR count). The Hall–Kier alpha value is -1.49. The molecule has 0 saturated heterocycles. The van der Waals surface area contributed by atoms with Gasteiger partial charge in [-0.1, -0.05) is 37.5 Å². The Balaban J connectivity index is 1.70. The van der Waals surface area contributed by atoms with Crippen molar-refractivity contribution in [3.05, 3.63) is 29.8 Å². The highest BCUT2D eigenvalue weighted by molar-refractivity contribution is 8.00. The third-order valence-corrected chi connectivity index (χ3v) is 4.93. The summed E-state index contributed by atoms with van der Waals surface area (Å²) < 4.78 is 0. The largest absolute Gasteiger partial charge is 0.273 e. The van der Waals surface area contributed by atoms with Gasteiger partial charge in [-0.15, -0.1) is 11.8 Å². The van der Waals surface area contributed by atoms with Crippen LogP contribution in [0.25, 0.3) is 0 Å². The lowest BCUT2D eigenvalue weighted by molar-refractivity contribution is -0.131. The highest BCUT2D eigenvalue weighted by Gasteiger charge is 2.21. The van der Waals surface area contributed by atoms with E-state index in [4.69, 9.17) is 0 Å². The van der Waals surface area contributed by atoms with Crippen molar-refractivity contribution in [1.82, 2.24) is 10.9 Å². The van der Waals surface area contributed by atoms with Gasteiger partial charge < -0.3 is 0 Å². The smallest absolute Gasteiger partial charge is 0.248 e. The molecular weight excluding hydrogens is 284 g/mol. The van der Waals surface area contributed by atoms with Crippen LogP contribution in [0.4, 0.5) is 0 Å². The van der Waals surface area contributed by atoms with Gasteiger partial charge in [-0.3, -0.25) is 20.4 Å². The van der Waals surface area contributed by atoms with Crippen molar-refractivity contribution >= 4 is 23.6 Å². The Morgan fingerprint density at radius 3 is 2.57 bits per heavy atom. The van der Waals surface area contributed by atoms with Crippen LogP contribution in [-0.2, 0) is 9.59 Å². The van der Waals surface area contributed by atoms with Crippen molar-refractivity contribution in [2.75, 3.05) is 5.75 Å². The number of hydrogen-bond donors (Lipinski definition) is 2. The summed E-state index contributed by atoms with van der Waals surface area (Å²) >= 11 is 1.48. The Morgan fingerprint density at radius 1 is 1.14 bits per heavy atom. The average Bonchev–Trinajstić information content (AvgIpc) is 2.52. The number of carbonyl (C=O) groups is 2. The van der Waals surface area contributed by atoms with Crippen LogP contribution in [-0.4, -0.2) is 17.6 Å².